The van der Waals surface area contributed by atoms with E-state index in [1.807, 2.05) is 0 Å². The summed E-state index contributed by atoms with van der Waals surface area (Å²) < 4.78 is 32.4. The minimum Gasteiger partial charge on any atom is -0.465 e. The molecular weight excluding hydrogens is 340 g/mol. The minimum atomic E-state index is -3.67. The van der Waals surface area contributed by atoms with Gasteiger partial charge in [0, 0.05) is 18.1 Å². The number of nitrogens with one attached hydrogen (secondary N) is 2. The van der Waals surface area contributed by atoms with E-state index in [-0.39, 0.29) is 21.5 Å². The van der Waals surface area contributed by atoms with Crippen LogP contribution in [0.5, 0.6) is 0 Å². The number of carbonyl (C=O) groups is 1. The molecular formula is C15H19ClN2O4S. The summed E-state index contributed by atoms with van der Waals surface area (Å²) >= 11 is 6.01. The summed E-state index contributed by atoms with van der Waals surface area (Å²) in [5, 5.41) is 3.53. The Morgan fingerprint density at radius 1 is 1.30 bits per heavy atom. The molecule has 0 spiro atoms. The van der Waals surface area contributed by atoms with Crippen molar-refractivity contribution < 1.29 is 17.9 Å². The molecule has 0 aromatic heterocycles. The zero-order chi connectivity index (χ0) is 16.6. The van der Waals surface area contributed by atoms with Crippen LogP contribution in [0.2, 0.25) is 5.02 Å². The Morgan fingerprint density at radius 2 is 1.96 bits per heavy atom. The molecule has 0 amide bonds. The van der Waals surface area contributed by atoms with E-state index < -0.39 is 16.0 Å². The Bertz CT molecular complexity index is 710. The van der Waals surface area contributed by atoms with Crippen LogP contribution in [0.4, 0.5) is 0 Å². The Morgan fingerprint density at radius 3 is 2.52 bits per heavy atom. The second kappa shape index (κ2) is 6.39. The molecule has 23 heavy (non-hydrogen) atoms. The van der Waals surface area contributed by atoms with Gasteiger partial charge in [0.2, 0.25) is 10.0 Å². The summed E-state index contributed by atoms with van der Waals surface area (Å²) in [6.45, 7) is 0. The maximum Gasteiger partial charge on any atom is 0.339 e. The fourth-order valence-corrected chi connectivity index (χ4v) is 4.99. The van der Waals surface area contributed by atoms with Crippen molar-refractivity contribution >= 4 is 27.6 Å². The van der Waals surface area contributed by atoms with E-state index >= 15 is 0 Å². The predicted molar refractivity (Wildman–Crippen MR) is 86.1 cm³/mol. The van der Waals surface area contributed by atoms with Gasteiger partial charge in [-0.1, -0.05) is 11.6 Å². The van der Waals surface area contributed by atoms with E-state index in [0.29, 0.717) is 12.1 Å². The van der Waals surface area contributed by atoms with E-state index in [9.17, 15) is 13.2 Å². The second-order valence-electron chi connectivity index (χ2n) is 6.06. The summed E-state index contributed by atoms with van der Waals surface area (Å²) in [7, 11) is -2.42. The van der Waals surface area contributed by atoms with E-state index in [1.165, 1.54) is 25.3 Å². The number of carbonyl (C=O) groups excluding carboxylic acids is 1. The van der Waals surface area contributed by atoms with Crippen molar-refractivity contribution in [3.63, 3.8) is 0 Å². The summed E-state index contributed by atoms with van der Waals surface area (Å²) in [6.07, 6.45) is 3.79. The van der Waals surface area contributed by atoms with Crippen LogP contribution in [-0.2, 0) is 14.8 Å². The average molecular weight is 359 g/mol. The normalized spacial score (nSPS) is 27.0. The first kappa shape index (κ1) is 16.7. The summed E-state index contributed by atoms with van der Waals surface area (Å²) in [6, 6.07) is 4.74. The van der Waals surface area contributed by atoms with Crippen molar-refractivity contribution in [2.24, 2.45) is 0 Å². The number of ether oxygens (including phenoxy) is 1. The molecule has 126 valence electrons. The van der Waals surface area contributed by atoms with Crippen LogP contribution in [0, 0.1) is 0 Å². The van der Waals surface area contributed by atoms with Crippen molar-refractivity contribution in [3.05, 3.63) is 28.8 Å². The molecule has 0 radical (unpaired) electrons. The maximum absolute atomic E-state index is 12.5. The minimum absolute atomic E-state index is 0.0565. The number of piperidine rings is 1. The summed E-state index contributed by atoms with van der Waals surface area (Å²) in [5.41, 5.74) is 0.146. The first-order chi connectivity index (χ1) is 10.9. The third kappa shape index (κ3) is 3.52. The highest BCUT2D eigenvalue weighted by Gasteiger charge is 2.35. The number of fused-ring (bicyclic) bond motifs is 2. The highest BCUT2D eigenvalue weighted by molar-refractivity contribution is 7.89. The van der Waals surface area contributed by atoms with Crippen molar-refractivity contribution in [1.29, 1.82) is 0 Å². The number of hydrogen-bond donors (Lipinski definition) is 2. The smallest absolute Gasteiger partial charge is 0.339 e. The van der Waals surface area contributed by atoms with Crippen LogP contribution < -0.4 is 10.0 Å². The van der Waals surface area contributed by atoms with Crippen molar-refractivity contribution in [2.45, 2.75) is 48.7 Å². The quantitative estimate of drug-likeness (QED) is 0.800. The number of rotatable bonds is 4. The molecule has 2 aliphatic heterocycles. The maximum atomic E-state index is 12.5. The van der Waals surface area contributed by atoms with Crippen LogP contribution in [0.1, 0.15) is 36.0 Å². The lowest BCUT2D eigenvalue weighted by Crippen LogP contribution is -2.47. The van der Waals surface area contributed by atoms with Gasteiger partial charge in [-0.15, -0.1) is 0 Å². The van der Waals surface area contributed by atoms with Gasteiger partial charge in [0.1, 0.15) is 0 Å². The molecule has 2 atom stereocenters. The zero-order valence-corrected chi connectivity index (χ0v) is 14.3. The fourth-order valence-electron chi connectivity index (χ4n) is 3.38. The molecule has 8 heteroatoms. The van der Waals surface area contributed by atoms with Crippen molar-refractivity contribution in [1.82, 2.24) is 10.0 Å². The Hall–Kier alpha value is -1.15. The van der Waals surface area contributed by atoms with Gasteiger partial charge in [-0.05, 0) is 43.9 Å². The number of halogens is 1. The zero-order valence-electron chi connectivity index (χ0n) is 12.7. The summed E-state index contributed by atoms with van der Waals surface area (Å²) in [4.78, 5) is 11.6. The summed E-state index contributed by atoms with van der Waals surface area (Å²) in [5.74, 6) is -0.596. The highest BCUT2D eigenvalue weighted by Crippen LogP contribution is 2.28. The standard InChI is InChI=1S/C15H19ClN2O4S/c1-22-15(19)13-5-4-12(8-14(13)16)23(20,21)18-11-6-9-2-3-10(7-11)17-9/h4-5,8-11,17-18H,2-3,6-7H2,1H3. The molecule has 2 aliphatic rings. The molecule has 0 saturated carbocycles. The van der Waals surface area contributed by atoms with Gasteiger partial charge < -0.3 is 10.1 Å². The lowest BCUT2D eigenvalue weighted by molar-refractivity contribution is 0.0601. The number of methoxy groups -OCH3 is 1. The molecule has 0 aliphatic carbocycles. The van der Waals surface area contributed by atoms with Gasteiger partial charge >= 0.3 is 5.97 Å². The van der Waals surface area contributed by atoms with Gasteiger partial charge in [-0.3, -0.25) is 0 Å². The average Bonchev–Trinajstić information content (AvgIpc) is 2.85. The monoisotopic (exact) mass is 358 g/mol. The molecule has 2 saturated heterocycles. The van der Waals surface area contributed by atoms with Gasteiger partial charge in [0.05, 0.1) is 22.6 Å². The topological polar surface area (TPSA) is 84.5 Å². The molecule has 3 rings (SSSR count). The van der Waals surface area contributed by atoms with E-state index in [4.69, 9.17) is 11.6 Å². The number of sulfonamides is 1. The van der Waals surface area contributed by atoms with Crippen LogP contribution in [0.3, 0.4) is 0 Å². The number of esters is 1. The van der Waals surface area contributed by atoms with Crippen LogP contribution in [-0.4, -0.2) is 39.6 Å². The second-order valence-corrected chi connectivity index (χ2v) is 8.18. The SMILES string of the molecule is COC(=O)c1ccc(S(=O)(=O)NC2CC3CCC(C2)N3)cc1Cl. The Labute approximate surface area is 140 Å². The Balaban J connectivity index is 1.77. The highest BCUT2D eigenvalue weighted by atomic mass is 35.5. The molecule has 1 aromatic carbocycles. The van der Waals surface area contributed by atoms with Gasteiger partial charge in [-0.2, -0.15) is 0 Å². The van der Waals surface area contributed by atoms with Gasteiger partial charge in [0.15, 0.2) is 0 Å². The molecule has 2 heterocycles. The molecule has 6 nitrogen and oxygen atoms in total. The van der Waals surface area contributed by atoms with Crippen LogP contribution in [0.25, 0.3) is 0 Å². The van der Waals surface area contributed by atoms with E-state index in [0.717, 1.165) is 25.7 Å². The molecule has 1 aromatic rings. The van der Waals surface area contributed by atoms with E-state index in [1.54, 1.807) is 0 Å². The lowest BCUT2D eigenvalue weighted by Gasteiger charge is -2.29. The lowest BCUT2D eigenvalue weighted by atomic mass is 10.0. The molecule has 2 unspecified atom stereocenters. The van der Waals surface area contributed by atoms with Crippen molar-refractivity contribution in [2.75, 3.05) is 7.11 Å². The predicted octanol–water partition coefficient (Wildman–Crippen LogP) is 1.69. The Kier molecular flexibility index (Phi) is 4.64. The van der Waals surface area contributed by atoms with Crippen LogP contribution >= 0.6 is 11.6 Å². The number of hydrogen-bond acceptors (Lipinski definition) is 5. The fraction of sp³-hybridized carbons (Fsp3) is 0.533. The number of benzene rings is 1. The molecule has 2 fully saturated rings. The molecule has 2 bridgehead atoms. The first-order valence-electron chi connectivity index (χ1n) is 7.55. The van der Waals surface area contributed by atoms with E-state index in [2.05, 4.69) is 14.8 Å². The third-order valence-electron chi connectivity index (χ3n) is 4.45. The molecule has 2 N–H and O–H groups in total. The van der Waals surface area contributed by atoms with Gasteiger partial charge in [-0.25, -0.2) is 17.9 Å². The first-order valence-corrected chi connectivity index (χ1v) is 9.41. The van der Waals surface area contributed by atoms with Crippen molar-refractivity contribution in [3.8, 4) is 0 Å². The largest absolute Gasteiger partial charge is 0.465 e. The van der Waals surface area contributed by atoms with Crippen LogP contribution in [0.15, 0.2) is 23.1 Å². The third-order valence-corrected chi connectivity index (χ3v) is 6.28. The van der Waals surface area contributed by atoms with Gasteiger partial charge in [0.25, 0.3) is 0 Å².